The summed E-state index contributed by atoms with van der Waals surface area (Å²) in [5, 5.41) is 5.17. The summed E-state index contributed by atoms with van der Waals surface area (Å²) in [6, 6.07) is 9.88. The van der Waals surface area contributed by atoms with Crippen molar-refractivity contribution in [3.05, 3.63) is 58.6 Å². The molecule has 0 aliphatic carbocycles. The fourth-order valence-corrected chi connectivity index (χ4v) is 3.90. The van der Waals surface area contributed by atoms with Crippen LogP contribution in [0.25, 0.3) is 10.9 Å². The Balaban J connectivity index is 1.73. The molecule has 0 saturated carbocycles. The van der Waals surface area contributed by atoms with E-state index in [0.29, 0.717) is 0 Å². The SMILES string of the molecule is Cc1cc(C(=O)N2CCC[C@H]2c2cc(C(C)C)on2)c2cccc(C)c2n1. The van der Waals surface area contributed by atoms with Gasteiger partial charge >= 0.3 is 0 Å². The van der Waals surface area contributed by atoms with E-state index in [1.54, 1.807) is 0 Å². The lowest BCUT2D eigenvalue weighted by Gasteiger charge is -2.24. The third kappa shape index (κ3) is 3.11. The molecule has 5 heteroatoms. The number of para-hydroxylation sites is 1. The van der Waals surface area contributed by atoms with Gasteiger partial charge in [-0.2, -0.15) is 0 Å². The Morgan fingerprint density at radius 3 is 2.81 bits per heavy atom. The molecule has 140 valence electrons. The van der Waals surface area contributed by atoms with Crippen molar-refractivity contribution < 1.29 is 9.32 Å². The summed E-state index contributed by atoms with van der Waals surface area (Å²) < 4.78 is 5.48. The van der Waals surface area contributed by atoms with Crippen LogP contribution in [0.3, 0.4) is 0 Å². The molecule has 1 fully saturated rings. The number of rotatable bonds is 3. The lowest BCUT2D eigenvalue weighted by atomic mass is 10.0. The van der Waals surface area contributed by atoms with Crippen molar-refractivity contribution in [2.75, 3.05) is 6.54 Å². The smallest absolute Gasteiger partial charge is 0.255 e. The number of aryl methyl sites for hydroxylation is 2. The summed E-state index contributed by atoms with van der Waals surface area (Å²) in [5.74, 6) is 1.20. The number of carbonyl (C=O) groups is 1. The molecule has 2 aromatic heterocycles. The fraction of sp³-hybridized carbons (Fsp3) is 0.409. The van der Waals surface area contributed by atoms with E-state index in [2.05, 4.69) is 24.0 Å². The van der Waals surface area contributed by atoms with Gasteiger partial charge in [-0.25, -0.2) is 0 Å². The normalized spacial score (nSPS) is 17.2. The number of nitrogens with zero attached hydrogens (tertiary/aromatic N) is 3. The molecule has 0 radical (unpaired) electrons. The monoisotopic (exact) mass is 363 g/mol. The average molecular weight is 363 g/mol. The van der Waals surface area contributed by atoms with Crippen LogP contribution in [0.2, 0.25) is 0 Å². The molecule has 5 nitrogen and oxygen atoms in total. The maximum atomic E-state index is 13.5. The first-order valence-corrected chi connectivity index (χ1v) is 9.60. The lowest BCUT2D eigenvalue weighted by Crippen LogP contribution is -2.31. The van der Waals surface area contributed by atoms with Crippen molar-refractivity contribution in [2.45, 2.75) is 52.5 Å². The molecule has 1 amide bonds. The number of hydrogen-bond acceptors (Lipinski definition) is 4. The Morgan fingerprint density at radius 1 is 1.26 bits per heavy atom. The first-order valence-electron chi connectivity index (χ1n) is 9.60. The van der Waals surface area contributed by atoms with Crippen LogP contribution in [-0.4, -0.2) is 27.5 Å². The second-order valence-corrected chi connectivity index (χ2v) is 7.75. The summed E-state index contributed by atoms with van der Waals surface area (Å²) >= 11 is 0. The molecular weight excluding hydrogens is 338 g/mol. The van der Waals surface area contributed by atoms with Crippen molar-refractivity contribution in [3.63, 3.8) is 0 Å². The minimum atomic E-state index is -0.0259. The average Bonchev–Trinajstić information content (AvgIpc) is 3.30. The van der Waals surface area contributed by atoms with Crippen molar-refractivity contribution in [2.24, 2.45) is 0 Å². The molecule has 1 aliphatic rings. The van der Waals surface area contributed by atoms with Crippen molar-refractivity contribution in [3.8, 4) is 0 Å². The van der Waals surface area contributed by atoms with Crippen LogP contribution >= 0.6 is 0 Å². The maximum Gasteiger partial charge on any atom is 0.255 e. The first-order chi connectivity index (χ1) is 13.0. The van der Waals surface area contributed by atoms with E-state index in [-0.39, 0.29) is 17.9 Å². The van der Waals surface area contributed by atoms with Gasteiger partial charge in [-0.15, -0.1) is 0 Å². The molecule has 1 aliphatic heterocycles. The zero-order chi connectivity index (χ0) is 19.1. The number of aromatic nitrogens is 2. The van der Waals surface area contributed by atoms with Gasteiger partial charge in [0.25, 0.3) is 5.91 Å². The van der Waals surface area contributed by atoms with Crippen molar-refractivity contribution in [1.29, 1.82) is 0 Å². The van der Waals surface area contributed by atoms with E-state index in [1.807, 2.05) is 49.1 Å². The predicted octanol–water partition coefficient (Wildman–Crippen LogP) is 4.94. The number of pyridine rings is 1. The van der Waals surface area contributed by atoms with Gasteiger partial charge in [0.15, 0.2) is 0 Å². The molecule has 0 spiro atoms. The van der Waals surface area contributed by atoms with E-state index in [4.69, 9.17) is 4.52 Å². The third-order valence-corrected chi connectivity index (χ3v) is 5.37. The highest BCUT2D eigenvalue weighted by Gasteiger charge is 2.33. The molecular formula is C22H25N3O2. The zero-order valence-electron chi connectivity index (χ0n) is 16.3. The minimum Gasteiger partial charge on any atom is -0.361 e. The third-order valence-electron chi connectivity index (χ3n) is 5.37. The summed E-state index contributed by atoms with van der Waals surface area (Å²) in [7, 11) is 0. The second kappa shape index (κ2) is 6.80. The first kappa shape index (κ1) is 17.7. The van der Waals surface area contributed by atoms with Crippen LogP contribution in [0.15, 0.2) is 34.9 Å². The number of hydrogen-bond donors (Lipinski definition) is 0. The summed E-state index contributed by atoms with van der Waals surface area (Å²) in [4.78, 5) is 20.1. The number of carbonyl (C=O) groups excluding carboxylic acids is 1. The molecule has 27 heavy (non-hydrogen) atoms. The van der Waals surface area contributed by atoms with Crippen LogP contribution in [0.1, 0.15) is 71.7 Å². The zero-order valence-corrected chi connectivity index (χ0v) is 16.3. The molecule has 0 unspecified atom stereocenters. The fourth-order valence-electron chi connectivity index (χ4n) is 3.90. The van der Waals surface area contributed by atoms with E-state index >= 15 is 0 Å². The molecule has 4 rings (SSSR count). The Bertz CT molecular complexity index is 1010. The molecule has 0 bridgehead atoms. The number of likely N-dealkylation sites (tertiary alicyclic amines) is 1. The van der Waals surface area contributed by atoms with Gasteiger partial charge in [-0.3, -0.25) is 9.78 Å². The Morgan fingerprint density at radius 2 is 2.07 bits per heavy atom. The Hall–Kier alpha value is -2.69. The van der Waals surface area contributed by atoms with Gasteiger partial charge < -0.3 is 9.42 Å². The number of benzene rings is 1. The second-order valence-electron chi connectivity index (χ2n) is 7.75. The summed E-state index contributed by atoms with van der Waals surface area (Å²) in [5.41, 5.74) is 4.43. The maximum absolute atomic E-state index is 13.5. The van der Waals surface area contributed by atoms with E-state index < -0.39 is 0 Å². The van der Waals surface area contributed by atoms with Gasteiger partial charge in [-0.05, 0) is 38.3 Å². The highest BCUT2D eigenvalue weighted by atomic mass is 16.5. The molecule has 0 N–H and O–H groups in total. The summed E-state index contributed by atoms with van der Waals surface area (Å²) in [6.45, 7) is 8.87. The van der Waals surface area contributed by atoms with E-state index in [9.17, 15) is 4.79 Å². The molecule has 3 aromatic rings. The Labute approximate surface area is 159 Å². The lowest BCUT2D eigenvalue weighted by molar-refractivity contribution is 0.0732. The van der Waals surface area contributed by atoms with E-state index in [0.717, 1.165) is 58.6 Å². The molecule has 3 heterocycles. The van der Waals surface area contributed by atoms with Crippen LogP contribution < -0.4 is 0 Å². The minimum absolute atomic E-state index is 0.0259. The quantitative estimate of drug-likeness (QED) is 0.661. The predicted molar refractivity (Wildman–Crippen MR) is 105 cm³/mol. The van der Waals surface area contributed by atoms with Crippen molar-refractivity contribution in [1.82, 2.24) is 15.0 Å². The van der Waals surface area contributed by atoms with Crippen molar-refractivity contribution >= 4 is 16.8 Å². The van der Waals surface area contributed by atoms with Crippen LogP contribution in [0, 0.1) is 13.8 Å². The van der Waals surface area contributed by atoms with Gasteiger partial charge in [0.05, 0.1) is 17.1 Å². The van der Waals surface area contributed by atoms with Crippen LogP contribution in [-0.2, 0) is 0 Å². The van der Waals surface area contributed by atoms with E-state index in [1.165, 1.54) is 0 Å². The molecule has 1 aromatic carbocycles. The largest absolute Gasteiger partial charge is 0.361 e. The van der Waals surface area contributed by atoms with Gasteiger partial charge in [-0.1, -0.05) is 37.2 Å². The van der Waals surface area contributed by atoms with Gasteiger partial charge in [0, 0.05) is 29.6 Å². The van der Waals surface area contributed by atoms with Gasteiger partial charge in [0.2, 0.25) is 0 Å². The number of fused-ring (bicyclic) bond motifs is 1. The topological polar surface area (TPSA) is 59.2 Å². The Kier molecular flexibility index (Phi) is 4.46. The number of amides is 1. The van der Waals surface area contributed by atoms with Gasteiger partial charge in [0.1, 0.15) is 11.5 Å². The standard InChI is InChI=1S/C22H25N3O2/c1-13(2)20-12-18(24-27-20)19-9-6-10-25(19)22(26)17-11-15(4)23-21-14(3)7-5-8-16(17)21/h5,7-8,11-13,19H,6,9-10H2,1-4H3/t19-/m0/s1. The van der Waals surface area contributed by atoms with Crippen LogP contribution in [0.5, 0.6) is 0 Å². The summed E-state index contributed by atoms with van der Waals surface area (Å²) in [6.07, 6.45) is 1.89. The molecule has 1 saturated heterocycles. The molecule has 1 atom stereocenters. The highest BCUT2D eigenvalue weighted by molar-refractivity contribution is 6.07. The van der Waals surface area contributed by atoms with Crippen LogP contribution in [0.4, 0.5) is 0 Å². The highest BCUT2D eigenvalue weighted by Crippen LogP contribution is 2.35.